The van der Waals surface area contributed by atoms with Crippen molar-refractivity contribution >= 4 is 176 Å². The van der Waals surface area contributed by atoms with Gasteiger partial charge in [0, 0.05) is 74.0 Å². The molecule has 734 valence electrons. The van der Waals surface area contributed by atoms with Gasteiger partial charge in [0.05, 0.1) is 18.6 Å². The van der Waals surface area contributed by atoms with Crippen molar-refractivity contribution in [3.8, 4) is 11.5 Å². The number of phenols is 2. The maximum absolute atomic E-state index is 15.2. The number of carbonyl (C=O) groups excluding carboxylic acids is 16. The minimum absolute atomic E-state index is 0.00547. The van der Waals surface area contributed by atoms with Gasteiger partial charge < -0.3 is 134 Å². The molecule has 0 spiro atoms. The quantitative estimate of drug-likeness (QED) is 0.00745. The largest absolute Gasteiger partial charge is 0.508 e. The Hall–Kier alpha value is -13.1. The van der Waals surface area contributed by atoms with Crippen molar-refractivity contribution in [2.24, 2.45) is 22.9 Å². The summed E-state index contributed by atoms with van der Waals surface area (Å²) in [4.78, 5) is 238. The molecule has 5 aromatic carbocycles. The summed E-state index contributed by atoms with van der Waals surface area (Å²) in [5.41, 5.74) is 24.4. The number of hydrogen-bond donors (Lipinski definition) is 32. The lowest BCUT2D eigenvalue weighted by atomic mass is 10.0. The Balaban J connectivity index is 1.39. The number of aromatic hydroxyl groups is 2. The fourth-order valence-corrected chi connectivity index (χ4v) is 14.1. The number of rotatable bonds is 57. The maximum atomic E-state index is 15.2. The lowest BCUT2D eigenvalue weighted by molar-refractivity contribution is -0.142. The van der Waals surface area contributed by atoms with Gasteiger partial charge in [0.2, 0.25) is 94.5 Å². The van der Waals surface area contributed by atoms with Crippen molar-refractivity contribution in [2.45, 2.75) is 188 Å². The summed E-state index contributed by atoms with van der Waals surface area (Å²) in [6.07, 6.45) is -4.27. The molecule has 16 amide bonds. The van der Waals surface area contributed by atoms with Crippen molar-refractivity contribution in [2.75, 3.05) is 41.9 Å². The lowest BCUT2D eigenvalue weighted by Gasteiger charge is -2.28. The second kappa shape index (κ2) is 58.1. The zero-order chi connectivity index (χ0) is 100. The Morgan fingerprint density at radius 3 is 0.867 bits per heavy atom. The monoisotopic (exact) mass is 1970 g/mol. The van der Waals surface area contributed by atoms with Crippen LogP contribution in [0.1, 0.15) is 80.7 Å². The van der Waals surface area contributed by atoms with Crippen LogP contribution in [0.15, 0.2) is 140 Å². The number of aliphatic carboxylic acids is 1. The average molecular weight is 1970 g/mol. The van der Waals surface area contributed by atoms with Gasteiger partial charge in [-0.25, -0.2) is 4.79 Å². The molecule has 0 aromatic heterocycles. The summed E-state index contributed by atoms with van der Waals surface area (Å²) >= 11 is 21.1. The van der Waals surface area contributed by atoms with E-state index in [9.17, 15) is 92.3 Å². The van der Waals surface area contributed by atoms with E-state index in [1.807, 2.05) is 0 Å². The molecule has 0 radical (unpaired) electrons. The van der Waals surface area contributed by atoms with Gasteiger partial charge in [-0.2, -0.15) is 63.1 Å². The van der Waals surface area contributed by atoms with E-state index < -0.39 is 233 Å². The van der Waals surface area contributed by atoms with E-state index in [4.69, 9.17) is 33.8 Å². The summed E-state index contributed by atoms with van der Waals surface area (Å²) in [7, 11) is 0. The fourth-order valence-electron chi connectivity index (χ4n) is 12.9. The number of carbonyl (C=O) groups is 17. The molecule has 0 aliphatic carbocycles. The molecule has 0 saturated heterocycles. The first kappa shape index (κ1) is 112. The number of aliphatic hydroxyl groups excluding tert-OH is 1. The number of benzene rings is 5. The predicted octanol–water partition coefficient (Wildman–Crippen LogP) is -6.23. The molecule has 135 heavy (non-hydrogen) atoms. The first-order chi connectivity index (χ1) is 64.1. The van der Waals surface area contributed by atoms with Gasteiger partial charge in [0.15, 0.2) is 11.9 Å². The highest BCUT2D eigenvalue weighted by atomic mass is 32.1. The Bertz CT molecular complexity index is 4880. The average Bonchev–Trinajstić information content (AvgIpc) is 0.858. The molecule has 0 unspecified atom stereocenters. The number of primary amides is 1. The van der Waals surface area contributed by atoms with E-state index in [1.54, 1.807) is 91.0 Å². The molecule has 5 rings (SSSR count). The molecule has 0 bridgehead atoms. The Morgan fingerprint density at radius 2 is 0.563 bits per heavy atom. The predicted molar refractivity (Wildman–Crippen MR) is 513 cm³/mol. The van der Waals surface area contributed by atoms with Gasteiger partial charge in [-0.15, -0.1) is 0 Å². The summed E-state index contributed by atoms with van der Waals surface area (Å²) in [5, 5.41) is 98.3. The number of carboxylic acids is 1. The van der Waals surface area contributed by atoms with Crippen LogP contribution in [0.2, 0.25) is 0 Å². The van der Waals surface area contributed by atoms with Gasteiger partial charge in [-0.3, -0.25) is 87.5 Å². The zero-order valence-electron chi connectivity index (χ0n) is 73.9. The molecule has 44 nitrogen and oxygen atoms in total. The highest BCUT2D eigenvalue weighted by molar-refractivity contribution is 7.81. The second-order valence-corrected chi connectivity index (χ2v) is 33.1. The molecule has 17 atom stereocenters. The smallest absolute Gasteiger partial charge is 0.326 e. The number of aliphatic hydroxyl groups is 1. The van der Waals surface area contributed by atoms with Crippen LogP contribution in [0.3, 0.4) is 0 Å². The van der Waals surface area contributed by atoms with E-state index in [2.05, 4.69) is 154 Å². The molecule has 0 fully saturated rings. The van der Waals surface area contributed by atoms with Gasteiger partial charge in [-0.05, 0) is 98.5 Å². The molecule has 5 aromatic rings. The van der Waals surface area contributed by atoms with Crippen molar-refractivity contribution < 1.29 is 102 Å². The van der Waals surface area contributed by atoms with Crippen molar-refractivity contribution in [3.05, 3.63) is 167 Å². The summed E-state index contributed by atoms with van der Waals surface area (Å²) in [5.74, 6) is -20.7. The van der Waals surface area contributed by atoms with E-state index in [1.165, 1.54) is 62.4 Å². The molecular weight excluding hydrogens is 1850 g/mol. The highest BCUT2D eigenvalue weighted by Crippen LogP contribution is 2.18. The van der Waals surface area contributed by atoms with Crippen LogP contribution in [0.4, 0.5) is 0 Å². The number of amides is 16. The number of phenolic OH excluding ortho intramolecular Hbond substituents is 2. The summed E-state index contributed by atoms with van der Waals surface area (Å²) < 4.78 is 0. The third-order valence-corrected chi connectivity index (χ3v) is 22.2. The molecule has 0 saturated carbocycles. The Morgan fingerprint density at radius 1 is 0.311 bits per heavy atom. The van der Waals surface area contributed by atoms with E-state index in [0.29, 0.717) is 27.8 Å². The third kappa shape index (κ3) is 39.9. The topological polar surface area (TPSA) is 727 Å². The molecular formula is C86H119N23O21S5. The zero-order valence-corrected chi connectivity index (χ0v) is 78.4. The van der Waals surface area contributed by atoms with Crippen LogP contribution in [0.25, 0.3) is 0 Å². The number of carboxylic acid groups (broad SMARTS) is 1. The van der Waals surface area contributed by atoms with Crippen LogP contribution in [0.5, 0.6) is 11.5 Å². The molecule has 0 aliphatic heterocycles. The maximum Gasteiger partial charge on any atom is 0.326 e. The molecule has 0 aliphatic rings. The fraction of sp³-hybridized carbons (Fsp3) is 0.430. The first-order valence-electron chi connectivity index (χ1n) is 42.5. The number of hydrogen-bond acceptors (Lipinski definition) is 28. The van der Waals surface area contributed by atoms with Gasteiger partial charge in [-0.1, -0.05) is 115 Å². The summed E-state index contributed by atoms with van der Waals surface area (Å²) in [6, 6.07) is 10.2. The minimum Gasteiger partial charge on any atom is -0.508 e. The molecule has 0 heterocycles. The van der Waals surface area contributed by atoms with Crippen LogP contribution in [0, 0.1) is 10.8 Å². The highest BCUT2D eigenvalue weighted by Gasteiger charge is 2.40. The van der Waals surface area contributed by atoms with E-state index in [-0.39, 0.29) is 99.8 Å². The van der Waals surface area contributed by atoms with Gasteiger partial charge in [0.25, 0.3) is 0 Å². The third-order valence-electron chi connectivity index (χ3n) is 20.4. The van der Waals surface area contributed by atoms with Gasteiger partial charge >= 0.3 is 5.97 Å². The number of thiol groups is 5. The normalized spacial score (nSPS) is 14.7. The summed E-state index contributed by atoms with van der Waals surface area (Å²) in [6.45, 7) is 3.69. The van der Waals surface area contributed by atoms with Crippen molar-refractivity contribution in [3.63, 3.8) is 0 Å². The minimum atomic E-state index is -1.91. The van der Waals surface area contributed by atoms with Gasteiger partial charge in [0.1, 0.15) is 102 Å². The van der Waals surface area contributed by atoms with E-state index in [0.717, 1.165) is 6.92 Å². The Labute approximate surface area is 805 Å². The SMILES string of the molecule is C[C@H](NC(=O)[C@H](CC(N)=O)NC(=O)[C@H](Cc1ccccc1)NC(=O)[C@H](Cc1ccccc1)NC(=O)[C@H](CCCNC(=N)N)NC(=O)[C@H](CS)NC(=O)[C@H](Cc1ccc(O)cc1)NC(=O)[C@H](CS)NC(=O)[C@@H](NC(=O)[C@H](C)NC(=O)[C@@H](N)CS)[C@@H](C)O)C(=O)N[C@@H](Cc1ccccc1)C(=O)N[C@@H](CS)C(=O)N[C@@H](Cc1ccc(O)cc1)C(=O)N[C@@H](CS)C(=O)N[C@@H](CCCNC(=N)N)C(=O)O. The van der Waals surface area contributed by atoms with Crippen molar-refractivity contribution in [1.29, 1.82) is 10.8 Å². The van der Waals surface area contributed by atoms with Crippen LogP contribution in [-0.4, -0.2) is 277 Å². The first-order valence-corrected chi connectivity index (χ1v) is 45.6. The molecule has 31 N–H and O–H groups in total. The van der Waals surface area contributed by atoms with Crippen molar-refractivity contribution in [1.82, 2.24) is 90.4 Å². The van der Waals surface area contributed by atoms with Crippen LogP contribution < -0.4 is 113 Å². The van der Waals surface area contributed by atoms with E-state index >= 15 is 9.59 Å². The Kier molecular flexibility index (Phi) is 48.4. The van der Waals surface area contributed by atoms with Crippen LogP contribution >= 0.6 is 63.1 Å². The lowest BCUT2D eigenvalue weighted by Crippen LogP contribution is -2.62. The number of nitrogens with two attached hydrogens (primary N) is 4. The number of nitrogens with one attached hydrogen (secondary N) is 19. The standard InChI is InChI=1S/C86H119N23O21S5/c1-44(69(114)99-57(33-47-15-7-4-8-16-47)76(121)107-65(42-134)81(126)102-60(36-50-23-27-52(111)28-24-50)78(123)106-64(41-133)80(125)98-56(84(129)130)22-14-32-94-86(91)92)96-73(118)62(38-67(88)113)104-75(120)59(35-49-19-11-6-12-20-49)101-74(119)58(34-48-17-9-5-10-18-48)100-72(117)55(21-13-31-93-85(89)90)97-79(124)63(40-132)105-77(122)61(37-51-25-29-53(112)30-26-51)103-82(127)66(43-135)108-83(128)68(46(3)110)109-70(115)45(2)95-71(116)54(87)39-131/h4-12,15-20,23-30,44-46,54-66,68,110-112,131-135H,13-14,21-22,31-43,87H2,1-3H3,(H2,88,113)(H,95,116)(H,96,118)(H,97,124)(H,98,125)(H,99,114)(H,100,117)(H,101,119)(H,102,126)(H,103,127)(H,104,120)(H,105,122)(H,106,123)(H,107,121)(H,108,128)(H,109,115)(H,129,130)(H4,89,90,93)(H4,91,92,94)/t44-,45-,46+,54-,55-,56-,57-,58-,59-,60-,61-,62-,63-,64-,65-,66-,68-/m0/s1. The van der Waals surface area contributed by atoms with Crippen LogP contribution in [-0.2, 0) is 114 Å². The number of guanidine groups is 2. The molecule has 49 heteroatoms. The second-order valence-electron chi connectivity index (χ2n) is 31.2.